The van der Waals surface area contributed by atoms with E-state index in [1.54, 1.807) is 30.3 Å². The molecule has 0 aliphatic rings. The number of pyridine rings is 1. The van der Waals surface area contributed by atoms with Gasteiger partial charge in [-0.05, 0) is 42.5 Å². The Morgan fingerprint density at radius 3 is 2.62 bits per heavy atom. The zero-order valence-electron chi connectivity index (χ0n) is 13.5. The minimum atomic E-state index is -3.72. The second-order valence-electron chi connectivity index (χ2n) is 5.74. The molecule has 0 atom stereocenters. The van der Waals surface area contributed by atoms with Gasteiger partial charge in [-0.1, -0.05) is 35.9 Å². The van der Waals surface area contributed by atoms with Crippen LogP contribution in [0.15, 0.2) is 84.0 Å². The number of benzene rings is 2. The Kier molecular flexibility index (Phi) is 4.14. The molecule has 5 nitrogen and oxygen atoms in total. The first-order chi connectivity index (χ1) is 12.5. The van der Waals surface area contributed by atoms with Crippen molar-refractivity contribution in [3.63, 3.8) is 0 Å². The van der Waals surface area contributed by atoms with Crippen LogP contribution in [0.1, 0.15) is 0 Å². The first-order valence-corrected chi connectivity index (χ1v) is 9.70. The number of rotatable bonds is 4. The lowest BCUT2D eigenvalue weighted by atomic mass is 10.1. The molecule has 0 amide bonds. The van der Waals surface area contributed by atoms with Gasteiger partial charge in [-0.15, -0.1) is 0 Å². The average Bonchev–Trinajstić information content (AvgIpc) is 3.06. The van der Waals surface area contributed by atoms with Gasteiger partial charge >= 0.3 is 0 Å². The van der Waals surface area contributed by atoms with Gasteiger partial charge in [0.15, 0.2) is 0 Å². The summed E-state index contributed by atoms with van der Waals surface area (Å²) in [5.41, 5.74) is 2.87. The summed E-state index contributed by atoms with van der Waals surface area (Å²) in [6.45, 7) is 0. The van der Waals surface area contributed by atoms with Crippen LogP contribution in [0.2, 0.25) is 5.02 Å². The summed E-state index contributed by atoms with van der Waals surface area (Å²) >= 11 is 5.90. The van der Waals surface area contributed by atoms with Crippen LogP contribution in [0.4, 0.5) is 5.69 Å². The minimum absolute atomic E-state index is 0.114. The van der Waals surface area contributed by atoms with E-state index in [1.807, 2.05) is 41.1 Å². The lowest BCUT2D eigenvalue weighted by Crippen LogP contribution is -2.12. The summed E-state index contributed by atoms with van der Waals surface area (Å²) in [7, 11) is -3.72. The average molecular weight is 384 g/mol. The maximum atomic E-state index is 12.6. The van der Waals surface area contributed by atoms with Crippen molar-refractivity contribution in [2.75, 3.05) is 4.72 Å². The van der Waals surface area contributed by atoms with Crippen LogP contribution < -0.4 is 4.72 Å². The fourth-order valence-corrected chi connectivity index (χ4v) is 4.01. The van der Waals surface area contributed by atoms with Gasteiger partial charge in [0.2, 0.25) is 0 Å². The van der Waals surface area contributed by atoms with Gasteiger partial charge in [0.1, 0.15) is 5.65 Å². The number of imidazole rings is 1. The topological polar surface area (TPSA) is 63.5 Å². The van der Waals surface area contributed by atoms with Gasteiger partial charge in [-0.3, -0.25) is 4.72 Å². The van der Waals surface area contributed by atoms with Crippen molar-refractivity contribution in [3.8, 4) is 11.3 Å². The lowest BCUT2D eigenvalue weighted by molar-refractivity contribution is 0.601. The molecule has 0 radical (unpaired) electrons. The SMILES string of the molecule is O=S(=O)(Nc1cccc(-c2cn3ccccc3n2)c1)c1cccc(Cl)c1. The lowest BCUT2D eigenvalue weighted by Gasteiger charge is -2.09. The Bertz CT molecular complexity index is 1170. The molecule has 1 N–H and O–H groups in total. The number of fused-ring (bicyclic) bond motifs is 1. The first kappa shape index (κ1) is 16.6. The predicted octanol–water partition coefficient (Wildman–Crippen LogP) is 4.46. The number of nitrogens with one attached hydrogen (secondary N) is 1. The van der Waals surface area contributed by atoms with E-state index in [2.05, 4.69) is 9.71 Å². The maximum absolute atomic E-state index is 12.6. The number of aromatic nitrogens is 2. The minimum Gasteiger partial charge on any atom is -0.306 e. The predicted molar refractivity (Wildman–Crippen MR) is 103 cm³/mol. The highest BCUT2D eigenvalue weighted by Crippen LogP contribution is 2.25. The van der Waals surface area contributed by atoms with Gasteiger partial charge in [0, 0.05) is 28.7 Å². The maximum Gasteiger partial charge on any atom is 0.261 e. The molecule has 2 heterocycles. The van der Waals surface area contributed by atoms with Crippen molar-refractivity contribution in [2.45, 2.75) is 4.90 Å². The van der Waals surface area contributed by atoms with Crippen LogP contribution in [-0.4, -0.2) is 17.8 Å². The summed E-state index contributed by atoms with van der Waals surface area (Å²) < 4.78 is 29.6. The van der Waals surface area contributed by atoms with E-state index in [0.717, 1.165) is 16.9 Å². The molecule has 0 fully saturated rings. The Hall–Kier alpha value is -2.83. The number of halogens is 1. The normalized spacial score (nSPS) is 11.6. The highest BCUT2D eigenvalue weighted by molar-refractivity contribution is 7.92. The smallest absolute Gasteiger partial charge is 0.261 e. The Balaban J connectivity index is 1.67. The number of hydrogen-bond donors (Lipinski definition) is 1. The van der Waals surface area contributed by atoms with E-state index < -0.39 is 10.0 Å². The van der Waals surface area contributed by atoms with E-state index in [-0.39, 0.29) is 4.90 Å². The molecular weight excluding hydrogens is 370 g/mol. The molecule has 0 aliphatic heterocycles. The van der Waals surface area contributed by atoms with Gasteiger partial charge < -0.3 is 4.40 Å². The molecule has 4 rings (SSSR count). The van der Waals surface area contributed by atoms with Gasteiger partial charge in [0.25, 0.3) is 10.0 Å². The number of nitrogens with zero attached hydrogens (tertiary/aromatic N) is 2. The summed E-state index contributed by atoms with van der Waals surface area (Å²) in [5.74, 6) is 0. The third-order valence-corrected chi connectivity index (χ3v) is 5.49. The molecule has 0 bridgehead atoms. The Labute approximate surface area is 155 Å². The van der Waals surface area contributed by atoms with Crippen LogP contribution >= 0.6 is 11.6 Å². The van der Waals surface area contributed by atoms with Crippen LogP contribution in [-0.2, 0) is 10.0 Å². The van der Waals surface area contributed by atoms with Crippen molar-refractivity contribution in [3.05, 3.63) is 84.1 Å². The van der Waals surface area contributed by atoms with Gasteiger partial charge in [0.05, 0.1) is 10.6 Å². The van der Waals surface area contributed by atoms with Crippen molar-refractivity contribution < 1.29 is 8.42 Å². The fraction of sp³-hybridized carbons (Fsp3) is 0. The fourth-order valence-electron chi connectivity index (χ4n) is 2.66. The molecule has 130 valence electrons. The molecule has 4 aromatic rings. The highest BCUT2D eigenvalue weighted by atomic mass is 35.5. The van der Waals surface area contributed by atoms with Crippen molar-refractivity contribution in [2.24, 2.45) is 0 Å². The molecule has 26 heavy (non-hydrogen) atoms. The van der Waals surface area contributed by atoms with Gasteiger partial charge in [-0.25, -0.2) is 13.4 Å². The Morgan fingerprint density at radius 2 is 1.81 bits per heavy atom. The van der Waals surface area contributed by atoms with E-state index in [0.29, 0.717) is 10.7 Å². The molecule has 2 aromatic carbocycles. The van der Waals surface area contributed by atoms with Crippen LogP contribution in [0.3, 0.4) is 0 Å². The second kappa shape index (κ2) is 6.48. The zero-order chi connectivity index (χ0) is 18.1. The largest absolute Gasteiger partial charge is 0.306 e. The standard InChI is InChI=1S/C19H14ClN3O2S/c20-15-6-4-8-17(12-15)26(24,25)22-16-7-3-5-14(11-16)18-13-23-10-2-1-9-19(23)21-18/h1-13,22H. The van der Waals surface area contributed by atoms with E-state index >= 15 is 0 Å². The quantitative estimate of drug-likeness (QED) is 0.566. The van der Waals surface area contributed by atoms with Crippen molar-refractivity contribution >= 4 is 33.0 Å². The molecule has 0 aliphatic carbocycles. The van der Waals surface area contributed by atoms with Crippen molar-refractivity contribution in [1.82, 2.24) is 9.38 Å². The van der Waals surface area contributed by atoms with E-state index in [1.165, 1.54) is 12.1 Å². The first-order valence-electron chi connectivity index (χ1n) is 7.84. The third-order valence-electron chi connectivity index (χ3n) is 3.88. The van der Waals surface area contributed by atoms with Gasteiger partial charge in [-0.2, -0.15) is 0 Å². The zero-order valence-corrected chi connectivity index (χ0v) is 15.1. The molecule has 0 saturated heterocycles. The monoisotopic (exact) mass is 383 g/mol. The Morgan fingerprint density at radius 1 is 0.962 bits per heavy atom. The number of anilines is 1. The third kappa shape index (κ3) is 3.29. The molecular formula is C19H14ClN3O2S. The number of hydrogen-bond acceptors (Lipinski definition) is 3. The highest BCUT2D eigenvalue weighted by Gasteiger charge is 2.15. The second-order valence-corrected chi connectivity index (χ2v) is 7.85. The van der Waals surface area contributed by atoms with E-state index in [9.17, 15) is 8.42 Å². The molecule has 7 heteroatoms. The molecule has 2 aromatic heterocycles. The van der Waals surface area contributed by atoms with Crippen molar-refractivity contribution in [1.29, 1.82) is 0 Å². The molecule has 0 unspecified atom stereocenters. The van der Waals surface area contributed by atoms with E-state index in [4.69, 9.17) is 11.6 Å². The van der Waals surface area contributed by atoms with Crippen LogP contribution in [0.25, 0.3) is 16.9 Å². The summed E-state index contributed by atoms with van der Waals surface area (Å²) in [4.78, 5) is 4.67. The molecule has 0 spiro atoms. The number of sulfonamides is 1. The van der Waals surface area contributed by atoms with Crippen LogP contribution in [0.5, 0.6) is 0 Å². The van der Waals surface area contributed by atoms with Crippen LogP contribution in [0, 0.1) is 0 Å². The molecule has 0 saturated carbocycles. The summed E-state index contributed by atoms with van der Waals surface area (Å²) in [5, 5.41) is 0.367. The summed E-state index contributed by atoms with van der Waals surface area (Å²) in [6.07, 6.45) is 3.82. The summed E-state index contributed by atoms with van der Waals surface area (Å²) in [6, 6.07) is 19.0.